The molecule has 1 aromatic carbocycles. The number of hydrogen-bond acceptors (Lipinski definition) is 7. The van der Waals surface area contributed by atoms with Crippen LogP contribution >= 0.6 is 35.1 Å². The molecule has 31 heavy (non-hydrogen) atoms. The van der Waals surface area contributed by atoms with Gasteiger partial charge in [-0.1, -0.05) is 23.2 Å². The molecule has 4 rings (SSSR count). The zero-order valence-corrected chi connectivity index (χ0v) is 19.2. The first-order chi connectivity index (χ1) is 14.6. The van der Waals surface area contributed by atoms with E-state index in [0.29, 0.717) is 21.4 Å². The highest BCUT2D eigenvalue weighted by Crippen LogP contribution is 2.33. The highest BCUT2D eigenvalue weighted by molar-refractivity contribution is 8.16. The van der Waals surface area contributed by atoms with E-state index in [9.17, 15) is 13.2 Å². The smallest absolute Gasteiger partial charge is 0.283 e. The van der Waals surface area contributed by atoms with Gasteiger partial charge in [-0.2, -0.15) is 9.39 Å². The summed E-state index contributed by atoms with van der Waals surface area (Å²) in [5.74, 6) is -0.263. The van der Waals surface area contributed by atoms with Crippen LogP contribution in [0.3, 0.4) is 0 Å². The minimum absolute atomic E-state index is 0.0299. The Balaban J connectivity index is 1.69. The second kappa shape index (κ2) is 7.94. The first-order valence-corrected chi connectivity index (χ1v) is 11.9. The lowest BCUT2D eigenvalue weighted by Crippen LogP contribution is -2.46. The normalized spacial score (nSPS) is 18.0. The molecule has 0 bridgehead atoms. The molecule has 0 radical (unpaired) electrons. The maximum absolute atomic E-state index is 12.6. The van der Waals surface area contributed by atoms with Crippen LogP contribution in [-0.2, 0) is 14.6 Å². The van der Waals surface area contributed by atoms with Crippen LogP contribution in [0.4, 0.5) is 0 Å². The standard InChI is InChI=1S/C19H14Cl2N4O4S2/c1-9(2)31(27,28)19-24-30-18-23-17(26)12(16(22)25(18)19)8-11-4-6-15(29-11)10-3-5-13(20)14(21)7-10/h3-9,22H,1-2H3/b12-8-,22-16?. The van der Waals surface area contributed by atoms with Gasteiger partial charge in [-0.15, -0.1) is 0 Å². The third-order valence-corrected chi connectivity index (χ3v) is 8.07. The summed E-state index contributed by atoms with van der Waals surface area (Å²) in [6.07, 6.45) is 1.34. The number of carbonyl (C=O) groups is 1. The van der Waals surface area contributed by atoms with E-state index in [2.05, 4.69) is 9.39 Å². The average Bonchev–Trinajstić information content (AvgIpc) is 3.34. The summed E-state index contributed by atoms with van der Waals surface area (Å²) in [4.78, 5) is 17.4. The van der Waals surface area contributed by atoms with Gasteiger partial charge in [0.25, 0.3) is 5.91 Å². The number of sulfone groups is 1. The molecule has 2 aromatic rings. The molecule has 8 nitrogen and oxygen atoms in total. The lowest BCUT2D eigenvalue weighted by atomic mass is 10.1. The van der Waals surface area contributed by atoms with E-state index in [1.54, 1.807) is 30.3 Å². The van der Waals surface area contributed by atoms with Crippen molar-refractivity contribution in [2.45, 2.75) is 19.1 Å². The SMILES string of the molecule is CC(C)S(=O)(=O)C1=NSC2=NC(=O)/C(=C\c3ccc(-c4ccc(Cl)c(Cl)c4)o3)C(=N)N21. The zero-order valence-electron chi connectivity index (χ0n) is 16.1. The zero-order chi connectivity index (χ0) is 22.5. The third kappa shape index (κ3) is 3.84. The predicted molar refractivity (Wildman–Crippen MR) is 123 cm³/mol. The van der Waals surface area contributed by atoms with E-state index in [0.717, 1.165) is 16.8 Å². The highest BCUT2D eigenvalue weighted by Gasteiger charge is 2.43. The summed E-state index contributed by atoms with van der Waals surface area (Å²) in [7, 11) is -3.79. The van der Waals surface area contributed by atoms with Crippen LogP contribution in [0.1, 0.15) is 19.6 Å². The molecule has 1 N–H and O–H groups in total. The fourth-order valence-electron chi connectivity index (χ4n) is 2.77. The number of hydrogen-bond donors (Lipinski definition) is 1. The summed E-state index contributed by atoms with van der Waals surface area (Å²) in [5.41, 5.74) is 0.561. The molecule has 0 fully saturated rings. The van der Waals surface area contributed by atoms with E-state index >= 15 is 0 Å². The van der Waals surface area contributed by atoms with Gasteiger partial charge >= 0.3 is 0 Å². The number of amides is 1. The number of furan rings is 1. The first kappa shape index (κ1) is 21.8. The van der Waals surface area contributed by atoms with Gasteiger partial charge < -0.3 is 4.42 Å². The molecular formula is C19H14Cl2N4O4S2. The van der Waals surface area contributed by atoms with E-state index < -0.39 is 21.0 Å². The van der Waals surface area contributed by atoms with Gasteiger partial charge in [-0.3, -0.25) is 10.2 Å². The van der Waals surface area contributed by atoms with Gasteiger partial charge in [0.05, 0.1) is 32.8 Å². The molecule has 2 aliphatic rings. The number of amidine groups is 3. The predicted octanol–water partition coefficient (Wildman–Crippen LogP) is 4.65. The van der Waals surface area contributed by atoms with Crippen LogP contribution in [0.5, 0.6) is 0 Å². The van der Waals surface area contributed by atoms with Gasteiger partial charge in [0, 0.05) is 5.56 Å². The Bertz CT molecular complexity index is 1330. The first-order valence-electron chi connectivity index (χ1n) is 8.87. The summed E-state index contributed by atoms with van der Waals surface area (Å²) >= 11 is 12.7. The monoisotopic (exact) mass is 496 g/mol. The van der Waals surface area contributed by atoms with Crippen LogP contribution in [0, 0.1) is 5.41 Å². The topological polar surface area (TPSA) is 116 Å². The number of halogens is 2. The second-order valence-electron chi connectivity index (χ2n) is 6.83. The van der Waals surface area contributed by atoms with Crippen LogP contribution in [-0.4, -0.2) is 40.6 Å². The molecule has 2 aliphatic heterocycles. The third-order valence-electron chi connectivity index (χ3n) is 4.49. The van der Waals surface area contributed by atoms with E-state index in [4.69, 9.17) is 33.0 Å². The van der Waals surface area contributed by atoms with E-state index in [1.807, 2.05) is 0 Å². The van der Waals surface area contributed by atoms with Crippen LogP contribution in [0.25, 0.3) is 17.4 Å². The van der Waals surface area contributed by atoms with Crippen LogP contribution in [0.15, 0.2) is 49.7 Å². The average molecular weight is 497 g/mol. The number of nitrogens with one attached hydrogen (secondary N) is 1. The van der Waals surface area contributed by atoms with Gasteiger partial charge in [-0.25, -0.2) is 13.3 Å². The van der Waals surface area contributed by atoms with Crippen molar-refractivity contribution in [3.8, 4) is 11.3 Å². The van der Waals surface area contributed by atoms with Crippen molar-refractivity contribution in [3.63, 3.8) is 0 Å². The van der Waals surface area contributed by atoms with Crippen LogP contribution in [0.2, 0.25) is 10.0 Å². The lowest BCUT2D eigenvalue weighted by molar-refractivity contribution is -0.114. The Morgan fingerprint density at radius 1 is 1.19 bits per heavy atom. The van der Waals surface area contributed by atoms with Gasteiger partial charge in [0.1, 0.15) is 17.4 Å². The number of fused-ring (bicyclic) bond motifs is 1. The fourth-order valence-corrected chi connectivity index (χ4v) is 5.13. The molecule has 0 unspecified atom stereocenters. The number of rotatable bonds is 3. The van der Waals surface area contributed by atoms with Crippen molar-refractivity contribution in [3.05, 3.63) is 51.7 Å². The molecule has 1 amide bonds. The Labute approximate surface area is 192 Å². The summed E-state index contributed by atoms with van der Waals surface area (Å²) in [6, 6.07) is 8.31. The van der Waals surface area contributed by atoms with E-state index in [-0.39, 0.29) is 27.5 Å². The van der Waals surface area contributed by atoms with Crippen LogP contribution < -0.4 is 0 Å². The molecule has 0 saturated carbocycles. The van der Waals surface area contributed by atoms with Gasteiger partial charge in [0.2, 0.25) is 20.2 Å². The van der Waals surface area contributed by atoms with Crippen molar-refractivity contribution in [1.82, 2.24) is 4.90 Å². The van der Waals surface area contributed by atoms with Gasteiger partial charge in [-0.05, 0) is 50.3 Å². The highest BCUT2D eigenvalue weighted by atomic mass is 35.5. The van der Waals surface area contributed by atoms with E-state index in [1.165, 1.54) is 19.9 Å². The Hall–Kier alpha value is -2.40. The second-order valence-corrected chi connectivity index (χ2v) is 10.8. The Morgan fingerprint density at radius 3 is 2.61 bits per heavy atom. The maximum atomic E-state index is 12.6. The van der Waals surface area contributed by atoms with Gasteiger partial charge in [0.15, 0.2) is 0 Å². The minimum atomic E-state index is -3.79. The molecule has 0 aliphatic carbocycles. The quantitative estimate of drug-likeness (QED) is 0.487. The largest absolute Gasteiger partial charge is 0.457 e. The molecule has 0 atom stereocenters. The molecule has 1 aromatic heterocycles. The summed E-state index contributed by atoms with van der Waals surface area (Å²) in [5, 5.41) is 8.19. The molecule has 12 heteroatoms. The maximum Gasteiger partial charge on any atom is 0.283 e. The van der Waals surface area contributed by atoms with Crippen molar-refractivity contribution >= 4 is 73.1 Å². The summed E-state index contributed by atoms with van der Waals surface area (Å²) in [6.45, 7) is 3.03. The number of benzene rings is 1. The van der Waals surface area contributed by atoms with Crippen molar-refractivity contribution in [2.75, 3.05) is 0 Å². The minimum Gasteiger partial charge on any atom is -0.457 e. The molecule has 0 spiro atoms. The molecule has 160 valence electrons. The van der Waals surface area contributed by atoms with Crippen molar-refractivity contribution < 1.29 is 17.6 Å². The molecule has 0 saturated heterocycles. The molecular weight excluding hydrogens is 483 g/mol. The molecule has 3 heterocycles. The fraction of sp³-hybridized carbons (Fsp3) is 0.158. The lowest BCUT2D eigenvalue weighted by Gasteiger charge is -2.25. The number of nitrogens with zero attached hydrogens (tertiary/aromatic N) is 3. The number of aliphatic imine (C=N–C) groups is 1. The Kier molecular flexibility index (Phi) is 5.59. The Morgan fingerprint density at radius 2 is 1.94 bits per heavy atom. The number of carbonyl (C=O) groups excluding carboxylic acids is 1. The summed E-state index contributed by atoms with van der Waals surface area (Å²) < 4.78 is 34.9. The van der Waals surface area contributed by atoms with Crippen molar-refractivity contribution in [1.29, 1.82) is 5.41 Å². The van der Waals surface area contributed by atoms with Crippen molar-refractivity contribution in [2.24, 2.45) is 9.39 Å².